The molecule has 0 aliphatic heterocycles. The van der Waals surface area contributed by atoms with Crippen LogP contribution in [0, 0.1) is 10.8 Å². The summed E-state index contributed by atoms with van der Waals surface area (Å²) in [6.45, 7) is 15.4. The largest absolute Gasteiger partial charge is 0.378 e. The summed E-state index contributed by atoms with van der Waals surface area (Å²) in [5.41, 5.74) is 5.53. The Morgan fingerprint density at radius 1 is 1.41 bits per heavy atom. The number of ether oxygens (including phenoxy) is 1. The SMILES string of the molecule is CCOC1CC(N)(C(=O)NC(C)CCC(C)(C)C)C1(C)C.Cl. The van der Waals surface area contributed by atoms with Crippen molar-refractivity contribution in [2.24, 2.45) is 16.6 Å². The van der Waals surface area contributed by atoms with Gasteiger partial charge in [0.2, 0.25) is 5.91 Å². The summed E-state index contributed by atoms with van der Waals surface area (Å²) in [5.74, 6) is -0.0372. The molecule has 0 aromatic carbocycles. The van der Waals surface area contributed by atoms with E-state index in [4.69, 9.17) is 10.5 Å². The summed E-state index contributed by atoms with van der Waals surface area (Å²) in [4.78, 5) is 12.6. The van der Waals surface area contributed by atoms with Crippen molar-refractivity contribution < 1.29 is 9.53 Å². The minimum absolute atomic E-state index is 0. The van der Waals surface area contributed by atoms with Gasteiger partial charge in [0.1, 0.15) is 5.54 Å². The molecule has 0 aromatic rings. The number of carbonyl (C=O) groups is 1. The third-order valence-electron chi connectivity index (χ3n) is 4.94. The van der Waals surface area contributed by atoms with Crippen LogP contribution in [0.5, 0.6) is 0 Å². The predicted molar refractivity (Wildman–Crippen MR) is 94.3 cm³/mol. The highest BCUT2D eigenvalue weighted by atomic mass is 35.5. The lowest BCUT2D eigenvalue weighted by atomic mass is 9.54. The first-order valence-electron chi connectivity index (χ1n) is 8.15. The monoisotopic (exact) mass is 334 g/mol. The van der Waals surface area contributed by atoms with Crippen molar-refractivity contribution in [3.63, 3.8) is 0 Å². The van der Waals surface area contributed by atoms with Crippen LogP contribution in [-0.2, 0) is 9.53 Å². The van der Waals surface area contributed by atoms with E-state index in [2.05, 4.69) is 33.0 Å². The molecule has 1 aliphatic rings. The van der Waals surface area contributed by atoms with Crippen molar-refractivity contribution in [2.45, 2.75) is 85.4 Å². The molecule has 4 nitrogen and oxygen atoms in total. The third-order valence-corrected chi connectivity index (χ3v) is 4.94. The molecule has 1 rings (SSSR count). The summed E-state index contributed by atoms with van der Waals surface area (Å²) in [7, 11) is 0. The molecular formula is C17H35ClN2O2. The maximum absolute atomic E-state index is 12.6. The molecule has 5 heteroatoms. The Balaban J connectivity index is 0.00000441. The summed E-state index contributed by atoms with van der Waals surface area (Å²) < 4.78 is 5.68. The van der Waals surface area contributed by atoms with Gasteiger partial charge in [-0.1, -0.05) is 34.6 Å². The van der Waals surface area contributed by atoms with Crippen LogP contribution in [0.1, 0.15) is 67.7 Å². The van der Waals surface area contributed by atoms with Gasteiger partial charge in [0.15, 0.2) is 0 Å². The van der Waals surface area contributed by atoms with E-state index in [1.165, 1.54) is 0 Å². The van der Waals surface area contributed by atoms with E-state index in [9.17, 15) is 4.79 Å². The quantitative estimate of drug-likeness (QED) is 0.783. The standard InChI is InChI=1S/C17H34N2O2.ClH/c1-8-21-13-11-17(18,16(13,6)7)14(20)19-12(2)9-10-15(3,4)5;/h12-13H,8-11,18H2,1-7H3,(H,19,20);1H. The van der Waals surface area contributed by atoms with Crippen LogP contribution < -0.4 is 11.1 Å². The Hall–Kier alpha value is -0.320. The first-order valence-corrected chi connectivity index (χ1v) is 8.15. The lowest BCUT2D eigenvalue weighted by Gasteiger charge is -2.57. The number of amides is 1. The Morgan fingerprint density at radius 3 is 2.36 bits per heavy atom. The van der Waals surface area contributed by atoms with Crippen molar-refractivity contribution >= 4 is 18.3 Å². The van der Waals surface area contributed by atoms with Gasteiger partial charge in [0.25, 0.3) is 0 Å². The molecule has 3 N–H and O–H groups in total. The van der Waals surface area contributed by atoms with Crippen LogP contribution in [0.3, 0.4) is 0 Å². The van der Waals surface area contributed by atoms with Crippen LogP contribution in [0.25, 0.3) is 0 Å². The van der Waals surface area contributed by atoms with E-state index in [1.807, 2.05) is 20.8 Å². The minimum atomic E-state index is -0.817. The minimum Gasteiger partial charge on any atom is -0.378 e. The van der Waals surface area contributed by atoms with Gasteiger partial charge < -0.3 is 15.8 Å². The molecular weight excluding hydrogens is 300 g/mol. The second-order valence-corrected chi connectivity index (χ2v) is 8.31. The fourth-order valence-electron chi connectivity index (χ4n) is 2.89. The number of halogens is 1. The number of carbonyl (C=O) groups excluding carboxylic acids is 1. The molecule has 0 heterocycles. The summed E-state index contributed by atoms with van der Waals surface area (Å²) in [6.07, 6.45) is 2.73. The molecule has 0 saturated heterocycles. The molecule has 3 atom stereocenters. The number of nitrogens with one attached hydrogen (secondary N) is 1. The third kappa shape index (κ3) is 4.59. The highest BCUT2D eigenvalue weighted by molar-refractivity contribution is 5.89. The molecule has 0 bridgehead atoms. The summed E-state index contributed by atoms with van der Waals surface area (Å²) in [6, 6.07) is 0.152. The number of rotatable bonds is 6. The fourth-order valence-corrected chi connectivity index (χ4v) is 2.89. The first kappa shape index (κ1) is 21.7. The molecule has 3 unspecified atom stereocenters. The van der Waals surface area contributed by atoms with Crippen LogP contribution in [0.4, 0.5) is 0 Å². The van der Waals surface area contributed by atoms with Gasteiger partial charge in [-0.05, 0) is 32.1 Å². The second-order valence-electron chi connectivity index (χ2n) is 8.31. The zero-order chi connectivity index (χ0) is 16.5. The number of hydrogen-bond acceptors (Lipinski definition) is 3. The van der Waals surface area contributed by atoms with Crippen molar-refractivity contribution in [1.82, 2.24) is 5.32 Å². The smallest absolute Gasteiger partial charge is 0.241 e. The molecule has 1 aliphatic carbocycles. The molecule has 22 heavy (non-hydrogen) atoms. The van der Waals surface area contributed by atoms with Crippen molar-refractivity contribution in [1.29, 1.82) is 0 Å². The van der Waals surface area contributed by atoms with E-state index in [-0.39, 0.29) is 41.3 Å². The van der Waals surface area contributed by atoms with Gasteiger partial charge in [0.05, 0.1) is 6.10 Å². The van der Waals surface area contributed by atoms with Gasteiger partial charge in [-0.25, -0.2) is 0 Å². The normalized spacial score (nSPS) is 28.3. The average Bonchev–Trinajstić information content (AvgIpc) is 2.35. The van der Waals surface area contributed by atoms with Crippen molar-refractivity contribution in [3.8, 4) is 0 Å². The zero-order valence-electron chi connectivity index (χ0n) is 15.3. The Bertz CT molecular complexity index is 379. The van der Waals surface area contributed by atoms with Crippen LogP contribution in [0.15, 0.2) is 0 Å². The molecule has 1 saturated carbocycles. The summed E-state index contributed by atoms with van der Waals surface area (Å²) in [5, 5.41) is 3.09. The topological polar surface area (TPSA) is 64.3 Å². The predicted octanol–water partition coefficient (Wildman–Crippen LogP) is 3.27. The van der Waals surface area contributed by atoms with Gasteiger partial charge in [0, 0.05) is 24.5 Å². The van der Waals surface area contributed by atoms with E-state index in [0.29, 0.717) is 13.0 Å². The average molecular weight is 335 g/mol. The fraction of sp³-hybridized carbons (Fsp3) is 0.941. The van der Waals surface area contributed by atoms with Crippen LogP contribution in [-0.4, -0.2) is 30.2 Å². The Kier molecular flexibility index (Phi) is 7.39. The van der Waals surface area contributed by atoms with E-state index < -0.39 is 5.54 Å². The van der Waals surface area contributed by atoms with Crippen molar-refractivity contribution in [3.05, 3.63) is 0 Å². The van der Waals surface area contributed by atoms with E-state index in [0.717, 1.165) is 12.8 Å². The highest BCUT2D eigenvalue weighted by Gasteiger charge is 2.62. The molecule has 0 spiro atoms. The number of nitrogens with two attached hydrogens (primary N) is 1. The molecule has 0 radical (unpaired) electrons. The second kappa shape index (κ2) is 7.50. The van der Waals surface area contributed by atoms with E-state index >= 15 is 0 Å². The summed E-state index contributed by atoms with van der Waals surface area (Å²) >= 11 is 0. The van der Waals surface area contributed by atoms with E-state index in [1.54, 1.807) is 0 Å². The van der Waals surface area contributed by atoms with Crippen LogP contribution >= 0.6 is 12.4 Å². The van der Waals surface area contributed by atoms with Gasteiger partial charge in [-0.2, -0.15) is 0 Å². The number of hydrogen-bond donors (Lipinski definition) is 2. The molecule has 0 aromatic heterocycles. The Labute approximate surface area is 142 Å². The van der Waals surface area contributed by atoms with Gasteiger partial charge in [-0.3, -0.25) is 4.79 Å². The Morgan fingerprint density at radius 2 is 1.95 bits per heavy atom. The van der Waals surface area contributed by atoms with Gasteiger partial charge >= 0.3 is 0 Å². The van der Waals surface area contributed by atoms with Gasteiger partial charge in [-0.15, -0.1) is 12.4 Å². The molecule has 132 valence electrons. The maximum atomic E-state index is 12.6. The lowest BCUT2D eigenvalue weighted by Crippen LogP contribution is -2.76. The molecule has 1 fully saturated rings. The lowest BCUT2D eigenvalue weighted by molar-refractivity contribution is -0.171. The maximum Gasteiger partial charge on any atom is 0.241 e. The van der Waals surface area contributed by atoms with Crippen molar-refractivity contribution in [2.75, 3.05) is 6.61 Å². The highest BCUT2D eigenvalue weighted by Crippen LogP contribution is 2.49. The zero-order valence-corrected chi connectivity index (χ0v) is 16.1. The van der Waals surface area contributed by atoms with Crippen LogP contribution in [0.2, 0.25) is 0 Å². The molecule has 1 amide bonds. The first-order chi connectivity index (χ1) is 9.44.